The fourth-order valence-electron chi connectivity index (χ4n) is 4.24. The number of amides is 2. The van der Waals surface area contributed by atoms with Crippen LogP contribution in [0.3, 0.4) is 0 Å². The van der Waals surface area contributed by atoms with Gasteiger partial charge in [-0.25, -0.2) is 0 Å². The molecule has 0 spiro atoms. The zero-order valence-corrected chi connectivity index (χ0v) is 21.4. The molecule has 33 heavy (non-hydrogen) atoms. The monoisotopic (exact) mass is 526 g/mol. The van der Waals surface area contributed by atoms with Crippen molar-refractivity contribution in [3.63, 3.8) is 0 Å². The molecule has 2 amide bonds. The number of carbonyl (C=O) groups excluding carboxylic acids is 2. The van der Waals surface area contributed by atoms with Crippen LogP contribution >= 0.6 is 27.3 Å². The Morgan fingerprint density at radius 1 is 1.18 bits per heavy atom. The molecule has 4 rings (SSSR count). The predicted octanol–water partition coefficient (Wildman–Crippen LogP) is 5.54. The average molecular weight is 527 g/mol. The molecule has 0 radical (unpaired) electrons. The van der Waals surface area contributed by atoms with Crippen molar-refractivity contribution in [1.82, 2.24) is 9.80 Å². The first kappa shape index (κ1) is 23.5. The van der Waals surface area contributed by atoms with Gasteiger partial charge in [0.05, 0.1) is 13.2 Å². The molecule has 5 nitrogen and oxygen atoms in total. The van der Waals surface area contributed by atoms with Gasteiger partial charge in [0.1, 0.15) is 12.3 Å². The molecule has 1 aromatic heterocycles. The van der Waals surface area contributed by atoms with E-state index in [-0.39, 0.29) is 30.4 Å². The van der Waals surface area contributed by atoms with Gasteiger partial charge in [0, 0.05) is 27.5 Å². The van der Waals surface area contributed by atoms with Crippen molar-refractivity contribution in [2.75, 3.05) is 20.2 Å². The van der Waals surface area contributed by atoms with E-state index in [2.05, 4.69) is 27.4 Å². The second-order valence-electron chi connectivity index (χ2n) is 8.35. The molecule has 0 fully saturated rings. The molecule has 0 saturated carbocycles. The molecule has 0 bridgehead atoms. The number of benzene rings is 2. The number of carbonyl (C=O) groups is 2. The molecular weight excluding hydrogens is 500 g/mol. The highest BCUT2D eigenvalue weighted by Crippen LogP contribution is 2.38. The maximum atomic E-state index is 13.7. The first-order valence-corrected chi connectivity index (χ1v) is 12.6. The van der Waals surface area contributed by atoms with Gasteiger partial charge in [0.25, 0.3) is 5.91 Å². The number of rotatable bonds is 6. The Kier molecular flexibility index (Phi) is 7.20. The second-order valence-corrected chi connectivity index (χ2v) is 10.3. The highest BCUT2D eigenvalue weighted by Gasteiger charge is 2.34. The van der Waals surface area contributed by atoms with Crippen molar-refractivity contribution in [2.45, 2.75) is 32.4 Å². The summed E-state index contributed by atoms with van der Waals surface area (Å²) in [6, 6.07) is 17.0. The minimum Gasteiger partial charge on any atom is -0.497 e. The Morgan fingerprint density at radius 3 is 2.61 bits per heavy atom. The van der Waals surface area contributed by atoms with Crippen molar-refractivity contribution in [2.24, 2.45) is 0 Å². The topological polar surface area (TPSA) is 49.9 Å². The fourth-order valence-corrected chi connectivity index (χ4v) is 5.55. The first-order chi connectivity index (χ1) is 15.9. The van der Waals surface area contributed by atoms with Crippen molar-refractivity contribution in [3.8, 4) is 5.75 Å². The lowest BCUT2D eigenvalue weighted by Gasteiger charge is -2.38. The van der Waals surface area contributed by atoms with Gasteiger partial charge >= 0.3 is 0 Å². The molecule has 2 heterocycles. The van der Waals surface area contributed by atoms with Crippen molar-refractivity contribution < 1.29 is 14.3 Å². The minimum atomic E-state index is -0.173. The van der Waals surface area contributed by atoms with E-state index < -0.39 is 0 Å². The Morgan fingerprint density at radius 2 is 1.94 bits per heavy atom. The maximum Gasteiger partial charge on any atom is 0.254 e. The van der Waals surface area contributed by atoms with Crippen molar-refractivity contribution in [3.05, 3.63) is 86.0 Å². The van der Waals surface area contributed by atoms with Crippen LogP contribution in [0.25, 0.3) is 0 Å². The zero-order chi connectivity index (χ0) is 23.5. The van der Waals surface area contributed by atoms with Crippen LogP contribution < -0.4 is 4.74 Å². The third kappa shape index (κ3) is 4.99. The van der Waals surface area contributed by atoms with Crippen molar-refractivity contribution in [1.29, 1.82) is 0 Å². The molecule has 172 valence electrons. The van der Waals surface area contributed by atoms with E-state index in [1.807, 2.05) is 55.1 Å². The van der Waals surface area contributed by atoms with Gasteiger partial charge in [-0.3, -0.25) is 9.59 Å². The lowest BCUT2D eigenvalue weighted by molar-refractivity contribution is -0.134. The van der Waals surface area contributed by atoms with Crippen LogP contribution in [0.15, 0.2) is 64.5 Å². The molecular formula is C26H27BrN2O3S. The Hall–Kier alpha value is -2.64. The summed E-state index contributed by atoms with van der Waals surface area (Å²) in [7, 11) is 1.64. The summed E-state index contributed by atoms with van der Waals surface area (Å²) in [5.41, 5.74) is 2.77. The molecule has 3 aromatic rings. The molecule has 7 heteroatoms. The van der Waals surface area contributed by atoms with Gasteiger partial charge < -0.3 is 14.5 Å². The maximum absolute atomic E-state index is 13.7. The van der Waals surface area contributed by atoms with Crippen LogP contribution in [0.2, 0.25) is 0 Å². The van der Waals surface area contributed by atoms with E-state index in [1.165, 1.54) is 10.4 Å². The predicted molar refractivity (Wildman–Crippen MR) is 135 cm³/mol. The third-order valence-electron chi connectivity index (χ3n) is 5.98. The minimum absolute atomic E-state index is 0.0368. The summed E-state index contributed by atoms with van der Waals surface area (Å²) in [6.07, 6.45) is 0.826. The standard InChI is InChI=1S/C26H27BrN2O3S/c1-17(2)29(26(31)19-5-4-6-20(27)15-19)16-24(30)28-13-11-23-22(12-14-33-23)25(28)18-7-9-21(32-3)10-8-18/h4-10,12,14-15,17,25H,11,13,16H2,1-3H3. The summed E-state index contributed by atoms with van der Waals surface area (Å²) < 4.78 is 6.15. The van der Waals surface area contributed by atoms with Gasteiger partial charge in [-0.05, 0) is 73.2 Å². The fraction of sp³-hybridized carbons (Fsp3) is 0.308. The largest absolute Gasteiger partial charge is 0.497 e. The first-order valence-electron chi connectivity index (χ1n) is 10.9. The van der Waals surface area contributed by atoms with Gasteiger partial charge in [-0.2, -0.15) is 0 Å². The van der Waals surface area contributed by atoms with E-state index >= 15 is 0 Å². The zero-order valence-electron chi connectivity index (χ0n) is 19.0. The SMILES string of the molecule is COc1ccc(C2c3ccsc3CCN2C(=O)CN(C(=O)c2cccc(Br)c2)C(C)C)cc1. The molecule has 0 N–H and O–H groups in total. The van der Waals surface area contributed by atoms with E-state index in [4.69, 9.17) is 4.74 Å². The van der Waals surface area contributed by atoms with E-state index in [0.29, 0.717) is 12.1 Å². The number of thiophene rings is 1. The third-order valence-corrected chi connectivity index (χ3v) is 7.47. The normalized spacial score (nSPS) is 15.3. The molecule has 1 aliphatic rings. The Labute approximate surface area is 207 Å². The Bertz CT molecular complexity index is 1140. The quantitative estimate of drug-likeness (QED) is 0.423. The number of hydrogen-bond acceptors (Lipinski definition) is 4. The molecule has 1 aliphatic heterocycles. The second kappa shape index (κ2) is 10.1. The smallest absolute Gasteiger partial charge is 0.254 e. The van der Waals surface area contributed by atoms with Gasteiger partial charge in [0.2, 0.25) is 5.91 Å². The average Bonchev–Trinajstić information content (AvgIpc) is 3.30. The number of fused-ring (bicyclic) bond motifs is 1. The summed E-state index contributed by atoms with van der Waals surface area (Å²) in [4.78, 5) is 31.8. The molecule has 1 unspecified atom stereocenters. The lowest BCUT2D eigenvalue weighted by Crippen LogP contribution is -2.48. The number of nitrogens with zero attached hydrogens (tertiary/aromatic N) is 2. The number of methoxy groups -OCH3 is 1. The van der Waals surface area contributed by atoms with Crippen LogP contribution in [0.1, 0.15) is 46.3 Å². The summed E-state index contributed by atoms with van der Waals surface area (Å²) in [6.45, 7) is 4.55. The molecule has 0 aliphatic carbocycles. The Balaban J connectivity index is 1.62. The highest BCUT2D eigenvalue weighted by atomic mass is 79.9. The number of halogens is 1. The van der Waals surface area contributed by atoms with Crippen molar-refractivity contribution >= 4 is 39.1 Å². The van der Waals surface area contributed by atoms with Crippen LogP contribution in [0.4, 0.5) is 0 Å². The molecule has 1 atom stereocenters. The summed E-state index contributed by atoms with van der Waals surface area (Å²) in [5.74, 6) is 0.585. The number of ether oxygens (including phenoxy) is 1. The molecule has 0 saturated heterocycles. The highest BCUT2D eigenvalue weighted by molar-refractivity contribution is 9.10. The van der Waals surface area contributed by atoms with Gasteiger partial charge in [0.15, 0.2) is 0 Å². The van der Waals surface area contributed by atoms with E-state index in [0.717, 1.165) is 22.2 Å². The van der Waals surface area contributed by atoms with Crippen LogP contribution in [0.5, 0.6) is 5.75 Å². The summed E-state index contributed by atoms with van der Waals surface area (Å²) >= 11 is 5.17. The number of hydrogen-bond donors (Lipinski definition) is 0. The van der Waals surface area contributed by atoms with E-state index in [9.17, 15) is 9.59 Å². The van der Waals surface area contributed by atoms with Gasteiger partial charge in [-0.1, -0.05) is 34.1 Å². The van der Waals surface area contributed by atoms with Gasteiger partial charge in [-0.15, -0.1) is 11.3 Å². The van der Waals surface area contributed by atoms with E-state index in [1.54, 1.807) is 35.5 Å². The lowest BCUT2D eigenvalue weighted by atomic mass is 9.93. The van der Waals surface area contributed by atoms with Crippen LogP contribution in [0, 0.1) is 0 Å². The molecule has 2 aromatic carbocycles. The van der Waals surface area contributed by atoms with Crippen LogP contribution in [-0.4, -0.2) is 47.9 Å². The summed E-state index contributed by atoms with van der Waals surface area (Å²) in [5, 5.41) is 2.09. The van der Waals surface area contributed by atoms with Crippen LogP contribution in [-0.2, 0) is 11.2 Å².